The number of carbonyl (C=O) groups excluding carboxylic acids is 1. The molecule has 1 amide bonds. The van der Waals surface area contributed by atoms with E-state index >= 15 is 0 Å². The van der Waals surface area contributed by atoms with Crippen molar-refractivity contribution in [3.05, 3.63) is 28.2 Å². The topological polar surface area (TPSA) is 67.2 Å². The van der Waals surface area contributed by atoms with Crippen molar-refractivity contribution >= 4 is 44.7 Å². The zero-order chi connectivity index (χ0) is 14.6. The number of halogens is 1. The van der Waals surface area contributed by atoms with Crippen LogP contribution in [-0.2, 0) is 4.79 Å². The normalized spacial score (nSPS) is 10.9. The second-order valence-corrected chi connectivity index (χ2v) is 6.17. The third kappa shape index (κ3) is 4.18. The van der Waals surface area contributed by atoms with E-state index in [4.69, 9.17) is 18.0 Å². The summed E-state index contributed by atoms with van der Waals surface area (Å²) in [5.74, 6) is -0.00382. The fraction of sp³-hybridized carbons (Fsp3) is 0.385. The molecule has 1 aromatic carbocycles. The molecule has 1 aromatic rings. The highest BCUT2D eigenvalue weighted by molar-refractivity contribution is 9.10. The summed E-state index contributed by atoms with van der Waals surface area (Å²) < 4.78 is 0.866. The van der Waals surface area contributed by atoms with E-state index in [0.717, 1.165) is 15.7 Å². The predicted octanol–water partition coefficient (Wildman–Crippen LogP) is 2.27. The highest BCUT2D eigenvalue weighted by atomic mass is 79.9. The Balaban J connectivity index is 2.79. The van der Waals surface area contributed by atoms with Crippen molar-refractivity contribution in [1.29, 1.82) is 0 Å². The van der Waals surface area contributed by atoms with Gasteiger partial charge in [0.05, 0.1) is 5.41 Å². The van der Waals surface area contributed by atoms with E-state index in [2.05, 4.69) is 26.6 Å². The molecule has 0 radical (unpaired) electrons. The van der Waals surface area contributed by atoms with Crippen LogP contribution in [0.1, 0.15) is 19.4 Å². The quantitative estimate of drug-likeness (QED) is 0.717. The lowest BCUT2D eigenvalue weighted by Crippen LogP contribution is -2.39. The number of carbonyl (C=O) groups is 1. The molecule has 0 heterocycles. The highest BCUT2D eigenvalue weighted by Gasteiger charge is 2.26. The van der Waals surface area contributed by atoms with Gasteiger partial charge >= 0.3 is 0 Å². The largest absolute Gasteiger partial charge is 0.389 e. The first-order valence-electron chi connectivity index (χ1n) is 5.83. The molecule has 104 valence electrons. The number of hydrogen-bond acceptors (Lipinski definition) is 3. The SMILES string of the molecule is CNC(=O)C(C)(C)CNc1ccc(C(N)=S)cc1Br. The van der Waals surface area contributed by atoms with Gasteiger partial charge in [0.25, 0.3) is 0 Å². The molecular weight excluding hydrogens is 326 g/mol. The Morgan fingerprint density at radius 3 is 2.58 bits per heavy atom. The molecule has 19 heavy (non-hydrogen) atoms. The van der Waals surface area contributed by atoms with Crippen molar-refractivity contribution in [3.63, 3.8) is 0 Å². The number of benzene rings is 1. The second-order valence-electron chi connectivity index (χ2n) is 4.88. The molecule has 0 aliphatic heterocycles. The van der Waals surface area contributed by atoms with Crippen LogP contribution in [0.15, 0.2) is 22.7 Å². The van der Waals surface area contributed by atoms with Crippen molar-refractivity contribution in [2.75, 3.05) is 18.9 Å². The van der Waals surface area contributed by atoms with Gasteiger partial charge in [0.15, 0.2) is 0 Å². The van der Waals surface area contributed by atoms with Crippen molar-refractivity contribution in [3.8, 4) is 0 Å². The predicted molar refractivity (Wildman–Crippen MR) is 86.4 cm³/mol. The van der Waals surface area contributed by atoms with Gasteiger partial charge in [-0.3, -0.25) is 4.79 Å². The molecule has 0 atom stereocenters. The highest BCUT2D eigenvalue weighted by Crippen LogP contribution is 2.25. The molecule has 4 N–H and O–H groups in total. The smallest absolute Gasteiger partial charge is 0.227 e. The van der Waals surface area contributed by atoms with Gasteiger partial charge < -0.3 is 16.4 Å². The minimum Gasteiger partial charge on any atom is -0.389 e. The molecule has 0 fully saturated rings. The number of anilines is 1. The maximum Gasteiger partial charge on any atom is 0.227 e. The van der Waals surface area contributed by atoms with Gasteiger partial charge in [-0.25, -0.2) is 0 Å². The average molecular weight is 344 g/mol. The van der Waals surface area contributed by atoms with Crippen LogP contribution in [-0.4, -0.2) is 24.5 Å². The summed E-state index contributed by atoms with van der Waals surface area (Å²) in [5, 5.41) is 5.90. The van der Waals surface area contributed by atoms with Crippen LogP contribution >= 0.6 is 28.1 Å². The molecule has 0 bridgehead atoms. The third-order valence-electron chi connectivity index (χ3n) is 2.82. The van der Waals surface area contributed by atoms with E-state index in [9.17, 15) is 4.79 Å². The number of hydrogen-bond donors (Lipinski definition) is 3. The van der Waals surface area contributed by atoms with Gasteiger partial charge in [0.1, 0.15) is 4.99 Å². The summed E-state index contributed by atoms with van der Waals surface area (Å²) in [6, 6.07) is 5.60. The van der Waals surface area contributed by atoms with Crippen LogP contribution in [0.4, 0.5) is 5.69 Å². The molecule has 4 nitrogen and oxygen atoms in total. The van der Waals surface area contributed by atoms with Crippen molar-refractivity contribution in [2.24, 2.45) is 11.1 Å². The zero-order valence-electron chi connectivity index (χ0n) is 11.2. The molecule has 0 saturated carbocycles. The van der Waals surface area contributed by atoms with Crippen LogP contribution in [0.2, 0.25) is 0 Å². The molecule has 6 heteroatoms. The van der Waals surface area contributed by atoms with Crippen molar-refractivity contribution in [1.82, 2.24) is 5.32 Å². The lowest BCUT2D eigenvalue weighted by atomic mass is 9.92. The first-order valence-corrected chi connectivity index (χ1v) is 7.03. The second kappa shape index (κ2) is 6.34. The van der Waals surface area contributed by atoms with Gasteiger partial charge in [-0.1, -0.05) is 12.2 Å². The summed E-state index contributed by atoms with van der Waals surface area (Å²) in [5.41, 5.74) is 6.78. The van der Waals surface area contributed by atoms with E-state index in [1.54, 1.807) is 7.05 Å². The Kier molecular flexibility index (Phi) is 5.31. The standard InChI is InChI=1S/C13H18BrN3OS/c1-13(2,12(18)16-3)7-17-10-5-4-8(11(15)19)6-9(10)14/h4-6,17H,7H2,1-3H3,(H2,15,19)(H,16,18). The Hall–Kier alpha value is -1.14. The number of thiocarbonyl (C=S) groups is 1. The van der Waals surface area contributed by atoms with Crippen LogP contribution < -0.4 is 16.4 Å². The summed E-state index contributed by atoms with van der Waals surface area (Å²) in [6.45, 7) is 4.30. The number of amides is 1. The maximum atomic E-state index is 11.7. The van der Waals surface area contributed by atoms with Crippen molar-refractivity contribution in [2.45, 2.75) is 13.8 Å². The van der Waals surface area contributed by atoms with Gasteiger partial charge in [0, 0.05) is 29.3 Å². The van der Waals surface area contributed by atoms with Gasteiger partial charge in [-0.15, -0.1) is 0 Å². The summed E-state index contributed by atoms with van der Waals surface area (Å²) >= 11 is 8.38. The van der Waals surface area contributed by atoms with Crippen LogP contribution in [0.3, 0.4) is 0 Å². The van der Waals surface area contributed by atoms with Gasteiger partial charge in [-0.2, -0.15) is 0 Å². The fourth-order valence-electron chi connectivity index (χ4n) is 1.55. The van der Waals surface area contributed by atoms with Crippen molar-refractivity contribution < 1.29 is 4.79 Å². The maximum absolute atomic E-state index is 11.7. The fourth-order valence-corrected chi connectivity index (χ4v) is 2.19. The number of nitrogens with one attached hydrogen (secondary N) is 2. The number of nitrogens with two attached hydrogens (primary N) is 1. The Morgan fingerprint density at radius 1 is 1.47 bits per heavy atom. The van der Waals surface area contributed by atoms with E-state index in [-0.39, 0.29) is 5.91 Å². The lowest BCUT2D eigenvalue weighted by Gasteiger charge is -2.24. The molecule has 1 rings (SSSR count). The minimum absolute atomic E-state index is 0.00382. The van der Waals surface area contributed by atoms with E-state index < -0.39 is 5.41 Å². The first-order chi connectivity index (χ1) is 8.77. The van der Waals surface area contributed by atoms with E-state index in [1.165, 1.54) is 0 Å². The zero-order valence-corrected chi connectivity index (χ0v) is 13.6. The Bertz CT molecular complexity index is 503. The Morgan fingerprint density at radius 2 is 2.11 bits per heavy atom. The molecule has 0 unspecified atom stereocenters. The van der Waals surface area contributed by atoms with E-state index in [0.29, 0.717) is 11.5 Å². The molecule has 0 aromatic heterocycles. The minimum atomic E-state index is -0.490. The number of rotatable bonds is 5. The molecule has 0 aliphatic rings. The molecular formula is C13H18BrN3OS. The van der Waals surface area contributed by atoms with Gasteiger partial charge in [0.2, 0.25) is 5.91 Å². The first kappa shape index (κ1) is 15.9. The summed E-state index contributed by atoms with van der Waals surface area (Å²) in [6.07, 6.45) is 0. The van der Waals surface area contributed by atoms with Crippen LogP contribution in [0.5, 0.6) is 0 Å². The summed E-state index contributed by atoms with van der Waals surface area (Å²) in [4.78, 5) is 12.0. The monoisotopic (exact) mass is 343 g/mol. The molecule has 0 aliphatic carbocycles. The van der Waals surface area contributed by atoms with Crippen LogP contribution in [0.25, 0.3) is 0 Å². The third-order valence-corrected chi connectivity index (χ3v) is 3.71. The molecule has 0 spiro atoms. The van der Waals surface area contributed by atoms with Crippen LogP contribution in [0, 0.1) is 5.41 Å². The summed E-state index contributed by atoms with van der Waals surface area (Å²) in [7, 11) is 1.64. The van der Waals surface area contributed by atoms with Gasteiger partial charge in [-0.05, 0) is 48.0 Å². The molecule has 0 saturated heterocycles. The Labute approximate surface area is 127 Å². The average Bonchev–Trinajstić information content (AvgIpc) is 2.36. The lowest BCUT2D eigenvalue weighted by molar-refractivity contribution is -0.128. The van der Waals surface area contributed by atoms with E-state index in [1.807, 2.05) is 32.0 Å².